The minimum atomic E-state index is -4.80. The Morgan fingerprint density at radius 3 is 2.20 bits per heavy atom. The largest absolute Gasteiger partial charge is 0.435 e. The highest BCUT2D eigenvalue weighted by Crippen LogP contribution is 2.38. The predicted octanol–water partition coefficient (Wildman–Crippen LogP) is 6.38. The lowest BCUT2D eigenvalue weighted by molar-refractivity contribution is -0.140. The van der Waals surface area contributed by atoms with Crippen molar-refractivity contribution in [1.82, 2.24) is 14.4 Å². The summed E-state index contributed by atoms with van der Waals surface area (Å²) in [5.41, 5.74) is -2.45. The van der Waals surface area contributed by atoms with Gasteiger partial charge in [-0.1, -0.05) is 0 Å². The van der Waals surface area contributed by atoms with Gasteiger partial charge in [0.25, 0.3) is 0 Å². The first kappa shape index (κ1) is 20.1. The number of fused-ring (bicyclic) bond motifs is 1. The van der Waals surface area contributed by atoms with Crippen molar-refractivity contribution in [3.63, 3.8) is 0 Å². The van der Waals surface area contributed by atoms with Crippen LogP contribution in [-0.4, -0.2) is 14.4 Å². The first-order valence-electron chi connectivity index (χ1n) is 8.17. The van der Waals surface area contributed by atoms with Gasteiger partial charge < -0.3 is 5.32 Å². The van der Waals surface area contributed by atoms with Crippen molar-refractivity contribution in [2.45, 2.75) is 12.4 Å². The SMILES string of the molecule is Fc1ccc2nc(C(F)(F)F)c(-c3csc(Nc4ccc(C(F)(F)F)cc4)n3)n2c1. The summed E-state index contributed by atoms with van der Waals surface area (Å²) in [5.74, 6) is -0.756. The smallest absolute Gasteiger partial charge is 0.332 e. The Balaban J connectivity index is 1.70. The van der Waals surface area contributed by atoms with Gasteiger partial charge in [0.05, 0.1) is 5.56 Å². The first-order chi connectivity index (χ1) is 14.0. The normalized spacial score (nSPS) is 12.5. The number of rotatable bonds is 3. The van der Waals surface area contributed by atoms with Crippen molar-refractivity contribution < 1.29 is 30.7 Å². The van der Waals surface area contributed by atoms with Gasteiger partial charge in [0, 0.05) is 17.3 Å². The number of pyridine rings is 1. The Labute approximate surface area is 167 Å². The Bertz CT molecular complexity index is 1210. The fraction of sp³-hybridized carbons (Fsp3) is 0.111. The molecule has 3 heterocycles. The number of alkyl halides is 6. The molecule has 0 saturated heterocycles. The van der Waals surface area contributed by atoms with Crippen LogP contribution in [0.25, 0.3) is 17.0 Å². The summed E-state index contributed by atoms with van der Waals surface area (Å²) in [6.07, 6.45) is -8.42. The highest BCUT2D eigenvalue weighted by molar-refractivity contribution is 7.14. The van der Waals surface area contributed by atoms with Gasteiger partial charge in [-0.2, -0.15) is 26.3 Å². The van der Waals surface area contributed by atoms with E-state index in [1.54, 1.807) is 0 Å². The van der Waals surface area contributed by atoms with Crippen LogP contribution in [0.15, 0.2) is 48.0 Å². The minimum absolute atomic E-state index is 0.107. The first-order valence-corrected chi connectivity index (χ1v) is 9.05. The highest BCUT2D eigenvalue weighted by atomic mass is 32.1. The molecule has 3 aromatic heterocycles. The fourth-order valence-corrected chi connectivity index (χ4v) is 3.48. The van der Waals surface area contributed by atoms with Crippen molar-refractivity contribution in [2.75, 3.05) is 5.32 Å². The van der Waals surface area contributed by atoms with Crippen LogP contribution in [0.5, 0.6) is 0 Å². The molecular weight excluding hydrogens is 437 g/mol. The van der Waals surface area contributed by atoms with Crippen LogP contribution >= 0.6 is 11.3 Å². The summed E-state index contributed by atoms with van der Waals surface area (Å²) in [4.78, 5) is 7.61. The van der Waals surface area contributed by atoms with Gasteiger partial charge in [-0.05, 0) is 36.4 Å². The van der Waals surface area contributed by atoms with Crippen molar-refractivity contribution in [1.29, 1.82) is 0 Å². The number of nitrogens with one attached hydrogen (secondary N) is 1. The van der Waals surface area contributed by atoms with Gasteiger partial charge in [-0.25, -0.2) is 14.4 Å². The molecule has 0 aliphatic rings. The Kier molecular flexibility index (Phi) is 4.68. The fourth-order valence-electron chi connectivity index (χ4n) is 2.77. The molecule has 30 heavy (non-hydrogen) atoms. The number of benzene rings is 1. The molecule has 0 fully saturated rings. The van der Waals surface area contributed by atoms with E-state index in [-0.39, 0.29) is 22.2 Å². The maximum atomic E-state index is 13.6. The van der Waals surface area contributed by atoms with E-state index in [0.29, 0.717) is 0 Å². The average Bonchev–Trinajstić information content (AvgIpc) is 3.25. The van der Waals surface area contributed by atoms with E-state index in [9.17, 15) is 30.7 Å². The number of aromatic nitrogens is 3. The molecule has 0 aliphatic carbocycles. The van der Waals surface area contributed by atoms with E-state index in [4.69, 9.17) is 0 Å². The van der Waals surface area contributed by atoms with Crippen molar-refractivity contribution in [3.8, 4) is 11.4 Å². The molecule has 0 aliphatic heterocycles. The van der Waals surface area contributed by atoms with E-state index in [2.05, 4.69) is 15.3 Å². The van der Waals surface area contributed by atoms with Crippen LogP contribution in [0.2, 0.25) is 0 Å². The zero-order chi connectivity index (χ0) is 21.7. The van der Waals surface area contributed by atoms with Gasteiger partial charge in [0.2, 0.25) is 0 Å². The van der Waals surface area contributed by atoms with Gasteiger partial charge in [0.15, 0.2) is 10.8 Å². The number of halogens is 7. The molecule has 0 radical (unpaired) electrons. The quantitative estimate of drug-likeness (QED) is 0.372. The number of thiazole rings is 1. The minimum Gasteiger partial charge on any atom is -0.332 e. The van der Waals surface area contributed by atoms with Crippen LogP contribution in [0.4, 0.5) is 41.6 Å². The summed E-state index contributed by atoms with van der Waals surface area (Å²) < 4.78 is 92.9. The lowest BCUT2D eigenvalue weighted by Crippen LogP contribution is -2.08. The second-order valence-electron chi connectivity index (χ2n) is 6.12. The molecule has 1 aromatic carbocycles. The van der Waals surface area contributed by atoms with E-state index >= 15 is 0 Å². The standard InChI is InChI=1S/C18H9F7N4S/c19-10-3-6-13-28-15(18(23,24)25)14(29(13)7-10)12-8-30-16(27-12)26-11-4-1-9(2-5-11)17(20,21)22/h1-8H,(H,26,27). The van der Waals surface area contributed by atoms with Crippen LogP contribution in [0.3, 0.4) is 0 Å². The Hall–Kier alpha value is -3.15. The molecular formula is C18H9F7N4S. The van der Waals surface area contributed by atoms with E-state index in [1.165, 1.54) is 17.5 Å². The van der Waals surface area contributed by atoms with Gasteiger partial charge in [-0.3, -0.25) is 4.40 Å². The van der Waals surface area contributed by atoms with Crippen molar-refractivity contribution >= 4 is 27.8 Å². The molecule has 4 rings (SSSR count). The summed E-state index contributed by atoms with van der Waals surface area (Å²) in [5, 5.41) is 4.20. The maximum absolute atomic E-state index is 13.6. The number of anilines is 2. The molecule has 1 N–H and O–H groups in total. The average molecular weight is 446 g/mol. The molecule has 12 heteroatoms. The number of hydrogen-bond donors (Lipinski definition) is 1. The second-order valence-corrected chi connectivity index (χ2v) is 6.98. The summed E-state index contributed by atoms with van der Waals surface area (Å²) in [6, 6.07) is 6.19. The van der Waals surface area contributed by atoms with Gasteiger partial charge in [0.1, 0.15) is 22.9 Å². The van der Waals surface area contributed by atoms with E-state index in [1.807, 2.05) is 0 Å². The molecule has 156 valence electrons. The number of hydrogen-bond acceptors (Lipinski definition) is 4. The molecule has 0 saturated carbocycles. The molecule has 0 atom stereocenters. The topological polar surface area (TPSA) is 42.2 Å². The van der Waals surface area contributed by atoms with Crippen LogP contribution in [0.1, 0.15) is 11.3 Å². The van der Waals surface area contributed by atoms with Crippen LogP contribution < -0.4 is 5.32 Å². The summed E-state index contributed by atoms with van der Waals surface area (Å²) in [7, 11) is 0. The Morgan fingerprint density at radius 1 is 0.867 bits per heavy atom. The highest BCUT2D eigenvalue weighted by Gasteiger charge is 2.39. The third-order valence-corrected chi connectivity index (χ3v) is 4.82. The maximum Gasteiger partial charge on any atom is 0.435 e. The van der Waals surface area contributed by atoms with Crippen molar-refractivity contribution in [3.05, 3.63) is 65.0 Å². The van der Waals surface area contributed by atoms with E-state index in [0.717, 1.165) is 46.2 Å². The lowest BCUT2D eigenvalue weighted by Gasteiger charge is -2.08. The molecule has 0 amide bonds. The van der Waals surface area contributed by atoms with E-state index < -0.39 is 35.1 Å². The zero-order valence-electron chi connectivity index (χ0n) is 14.5. The molecule has 4 aromatic rings. The zero-order valence-corrected chi connectivity index (χ0v) is 15.3. The monoisotopic (exact) mass is 446 g/mol. The van der Waals surface area contributed by atoms with Crippen LogP contribution in [0, 0.1) is 5.82 Å². The molecule has 0 bridgehead atoms. The third-order valence-electron chi connectivity index (χ3n) is 4.06. The second kappa shape index (κ2) is 6.97. The summed E-state index contributed by atoms with van der Waals surface area (Å²) >= 11 is 0.938. The molecule has 0 unspecified atom stereocenters. The van der Waals surface area contributed by atoms with Gasteiger partial charge in [-0.15, -0.1) is 11.3 Å². The third kappa shape index (κ3) is 3.82. The number of imidazole rings is 1. The summed E-state index contributed by atoms with van der Waals surface area (Å²) in [6.45, 7) is 0. The van der Waals surface area contributed by atoms with Gasteiger partial charge >= 0.3 is 12.4 Å². The molecule has 0 spiro atoms. The molecule has 4 nitrogen and oxygen atoms in total. The lowest BCUT2D eigenvalue weighted by atomic mass is 10.2. The number of nitrogens with zero attached hydrogens (tertiary/aromatic N) is 3. The van der Waals surface area contributed by atoms with Crippen LogP contribution in [-0.2, 0) is 12.4 Å². The Morgan fingerprint density at radius 2 is 1.57 bits per heavy atom. The predicted molar refractivity (Wildman–Crippen MR) is 96.0 cm³/mol. The van der Waals surface area contributed by atoms with Crippen molar-refractivity contribution in [2.24, 2.45) is 0 Å².